The normalized spacial score (nSPS) is 10.7. The number of halogens is 1. The Hall–Kier alpha value is -3.78. The van der Waals surface area contributed by atoms with E-state index in [2.05, 4.69) is 25.7 Å². The van der Waals surface area contributed by atoms with Crippen LogP contribution in [0.15, 0.2) is 60.8 Å². The van der Waals surface area contributed by atoms with Gasteiger partial charge in [0.25, 0.3) is 17.6 Å². The fourth-order valence-corrected chi connectivity index (χ4v) is 2.83. The monoisotopic (exact) mass is 406 g/mol. The Bertz CT molecular complexity index is 1220. The molecule has 4 rings (SSSR count). The molecule has 2 N–H and O–H groups in total. The van der Waals surface area contributed by atoms with Gasteiger partial charge in [0.05, 0.1) is 11.3 Å². The first-order valence-electron chi connectivity index (χ1n) is 8.67. The summed E-state index contributed by atoms with van der Waals surface area (Å²) in [5.74, 6) is -0.631. The summed E-state index contributed by atoms with van der Waals surface area (Å²) >= 11 is 5.87. The molecule has 0 saturated heterocycles. The molecule has 0 fully saturated rings. The number of aryl methyl sites for hydroxylation is 1. The van der Waals surface area contributed by atoms with Crippen LogP contribution in [-0.4, -0.2) is 31.4 Å². The summed E-state index contributed by atoms with van der Waals surface area (Å²) in [5, 5.41) is 10.2. The number of amides is 2. The van der Waals surface area contributed by atoms with Gasteiger partial charge in [-0.15, -0.1) is 5.10 Å². The number of hydrogen-bond acceptors (Lipinski definition) is 5. The van der Waals surface area contributed by atoms with Crippen LogP contribution in [0.5, 0.6) is 0 Å². The number of nitrogens with one attached hydrogen (secondary N) is 2. The highest BCUT2D eigenvalue weighted by atomic mass is 35.5. The number of rotatable bonds is 4. The van der Waals surface area contributed by atoms with E-state index in [9.17, 15) is 9.59 Å². The summed E-state index contributed by atoms with van der Waals surface area (Å²) in [5.41, 5.74) is 2.02. The molecular weight excluding hydrogens is 392 g/mol. The zero-order chi connectivity index (χ0) is 20.4. The molecule has 29 heavy (non-hydrogen) atoms. The molecule has 0 spiro atoms. The minimum Gasteiger partial charge on any atom is -0.322 e. The lowest BCUT2D eigenvalue weighted by Gasteiger charge is -2.10. The summed E-state index contributed by atoms with van der Waals surface area (Å²) in [6.45, 7) is 1.83. The number of fused-ring (bicyclic) bond motifs is 1. The van der Waals surface area contributed by atoms with E-state index in [1.165, 1.54) is 4.52 Å². The summed E-state index contributed by atoms with van der Waals surface area (Å²) < 4.78 is 1.48. The quantitative estimate of drug-likeness (QED) is 0.539. The largest absolute Gasteiger partial charge is 0.322 e. The third kappa shape index (κ3) is 3.92. The second kappa shape index (κ2) is 7.69. The first kappa shape index (κ1) is 18.6. The zero-order valence-corrected chi connectivity index (χ0v) is 16.0. The van der Waals surface area contributed by atoms with E-state index in [0.717, 1.165) is 5.69 Å². The second-order valence-electron chi connectivity index (χ2n) is 6.19. The minimum absolute atomic E-state index is 0.0419. The Morgan fingerprint density at radius 3 is 2.48 bits per heavy atom. The van der Waals surface area contributed by atoms with Gasteiger partial charge >= 0.3 is 0 Å². The fraction of sp³-hybridized carbons (Fsp3) is 0.0500. The third-order valence-electron chi connectivity index (χ3n) is 4.15. The molecule has 0 unspecified atom stereocenters. The number of para-hydroxylation sites is 1. The Morgan fingerprint density at radius 1 is 0.966 bits per heavy atom. The van der Waals surface area contributed by atoms with Crippen molar-refractivity contribution in [2.24, 2.45) is 0 Å². The Morgan fingerprint density at radius 2 is 1.72 bits per heavy atom. The molecule has 2 aromatic carbocycles. The Balaban J connectivity index is 1.57. The average molecular weight is 407 g/mol. The molecule has 2 amide bonds. The number of hydrogen-bond donors (Lipinski definition) is 2. The van der Waals surface area contributed by atoms with Crippen LogP contribution in [-0.2, 0) is 0 Å². The molecule has 9 heteroatoms. The number of benzene rings is 2. The summed E-state index contributed by atoms with van der Waals surface area (Å²) in [4.78, 5) is 33.5. The zero-order valence-electron chi connectivity index (χ0n) is 15.3. The van der Waals surface area contributed by atoms with Gasteiger partial charge in [0, 0.05) is 22.6 Å². The molecule has 0 saturated carbocycles. The number of aromatic nitrogens is 4. The van der Waals surface area contributed by atoms with E-state index in [-0.39, 0.29) is 11.7 Å². The van der Waals surface area contributed by atoms with Gasteiger partial charge < -0.3 is 10.6 Å². The van der Waals surface area contributed by atoms with Gasteiger partial charge in [-0.05, 0) is 49.4 Å². The molecule has 2 aromatic heterocycles. The molecule has 4 aromatic rings. The van der Waals surface area contributed by atoms with Crippen molar-refractivity contribution in [3.8, 4) is 0 Å². The molecule has 0 aliphatic heterocycles. The molecule has 0 bridgehead atoms. The fourth-order valence-electron chi connectivity index (χ4n) is 2.70. The predicted octanol–water partition coefficient (Wildman–Crippen LogP) is 3.59. The maximum atomic E-state index is 12.7. The van der Waals surface area contributed by atoms with E-state index in [4.69, 9.17) is 11.6 Å². The van der Waals surface area contributed by atoms with Gasteiger partial charge in [0.1, 0.15) is 0 Å². The van der Waals surface area contributed by atoms with Crippen molar-refractivity contribution in [1.29, 1.82) is 0 Å². The molecule has 2 heterocycles. The SMILES string of the molecule is Cc1ccnc2nc(C(=O)Nc3ccccc3C(=O)Nc3ccc(Cl)cc3)nn12. The van der Waals surface area contributed by atoms with Crippen LogP contribution < -0.4 is 10.6 Å². The average Bonchev–Trinajstić information content (AvgIpc) is 3.16. The van der Waals surface area contributed by atoms with Crippen LogP contribution in [0.3, 0.4) is 0 Å². The lowest BCUT2D eigenvalue weighted by molar-refractivity contribution is 0.101. The number of anilines is 2. The van der Waals surface area contributed by atoms with Crippen molar-refractivity contribution in [2.45, 2.75) is 6.92 Å². The van der Waals surface area contributed by atoms with Gasteiger partial charge in [0.2, 0.25) is 5.82 Å². The third-order valence-corrected chi connectivity index (χ3v) is 4.41. The number of nitrogens with zero attached hydrogens (tertiary/aromatic N) is 4. The van der Waals surface area contributed by atoms with Crippen LogP contribution in [0, 0.1) is 6.92 Å². The van der Waals surface area contributed by atoms with E-state index in [0.29, 0.717) is 27.7 Å². The Kier molecular flexibility index (Phi) is 4.92. The number of carbonyl (C=O) groups excluding carboxylic acids is 2. The first-order chi connectivity index (χ1) is 14.0. The summed E-state index contributed by atoms with van der Waals surface area (Å²) in [6, 6.07) is 15.2. The Labute approximate surface area is 170 Å². The van der Waals surface area contributed by atoms with Gasteiger partial charge in [-0.25, -0.2) is 9.50 Å². The standard InChI is InChI=1S/C20H15ClN6O2/c1-12-10-11-22-20-25-17(26-27(12)20)19(29)24-16-5-3-2-4-15(16)18(28)23-14-8-6-13(21)7-9-14/h2-11H,1H3,(H,23,28)(H,24,29). The smallest absolute Gasteiger partial charge is 0.295 e. The minimum atomic E-state index is -0.540. The topological polar surface area (TPSA) is 101 Å². The molecule has 8 nitrogen and oxygen atoms in total. The van der Waals surface area contributed by atoms with Crippen LogP contribution in [0.4, 0.5) is 11.4 Å². The lowest BCUT2D eigenvalue weighted by atomic mass is 10.1. The first-order valence-corrected chi connectivity index (χ1v) is 9.05. The molecular formula is C20H15ClN6O2. The van der Waals surface area contributed by atoms with Crippen molar-refractivity contribution < 1.29 is 9.59 Å². The summed E-state index contributed by atoms with van der Waals surface area (Å²) in [7, 11) is 0. The van der Waals surface area contributed by atoms with E-state index in [1.54, 1.807) is 60.8 Å². The molecule has 144 valence electrons. The maximum absolute atomic E-state index is 12.7. The predicted molar refractivity (Wildman–Crippen MR) is 109 cm³/mol. The molecule has 0 radical (unpaired) electrons. The van der Waals surface area contributed by atoms with Gasteiger partial charge in [-0.1, -0.05) is 23.7 Å². The van der Waals surface area contributed by atoms with Crippen molar-refractivity contribution >= 4 is 40.6 Å². The molecule has 0 aliphatic carbocycles. The van der Waals surface area contributed by atoms with Crippen molar-refractivity contribution in [3.63, 3.8) is 0 Å². The van der Waals surface area contributed by atoms with Gasteiger partial charge in [-0.3, -0.25) is 9.59 Å². The molecule has 0 atom stereocenters. The van der Waals surface area contributed by atoms with Crippen molar-refractivity contribution in [1.82, 2.24) is 19.6 Å². The number of carbonyl (C=O) groups is 2. The highest BCUT2D eigenvalue weighted by molar-refractivity contribution is 6.30. The van der Waals surface area contributed by atoms with Crippen LogP contribution >= 0.6 is 11.6 Å². The highest BCUT2D eigenvalue weighted by Gasteiger charge is 2.18. The van der Waals surface area contributed by atoms with E-state index in [1.807, 2.05) is 6.92 Å². The van der Waals surface area contributed by atoms with Gasteiger partial charge in [0.15, 0.2) is 0 Å². The van der Waals surface area contributed by atoms with E-state index < -0.39 is 5.91 Å². The van der Waals surface area contributed by atoms with Crippen LogP contribution in [0.25, 0.3) is 5.78 Å². The highest BCUT2D eigenvalue weighted by Crippen LogP contribution is 2.19. The van der Waals surface area contributed by atoms with Crippen molar-refractivity contribution in [3.05, 3.63) is 82.9 Å². The van der Waals surface area contributed by atoms with Crippen LogP contribution in [0.2, 0.25) is 5.02 Å². The van der Waals surface area contributed by atoms with Crippen molar-refractivity contribution in [2.75, 3.05) is 10.6 Å². The molecule has 0 aliphatic rings. The lowest BCUT2D eigenvalue weighted by Crippen LogP contribution is -2.19. The van der Waals surface area contributed by atoms with E-state index >= 15 is 0 Å². The maximum Gasteiger partial charge on any atom is 0.295 e. The second-order valence-corrected chi connectivity index (χ2v) is 6.63. The van der Waals surface area contributed by atoms with Crippen LogP contribution in [0.1, 0.15) is 26.7 Å². The van der Waals surface area contributed by atoms with Gasteiger partial charge in [-0.2, -0.15) is 4.98 Å². The summed E-state index contributed by atoms with van der Waals surface area (Å²) in [6.07, 6.45) is 1.59.